The molecule has 1 saturated heterocycles. The van der Waals surface area contributed by atoms with Gasteiger partial charge in [0.1, 0.15) is 5.84 Å². The summed E-state index contributed by atoms with van der Waals surface area (Å²) in [4.78, 5) is 21.6. The fourth-order valence-corrected chi connectivity index (χ4v) is 7.88. The van der Waals surface area contributed by atoms with Gasteiger partial charge in [-0.1, -0.05) is 29.3 Å². The van der Waals surface area contributed by atoms with Crippen molar-refractivity contribution in [1.29, 1.82) is 5.26 Å². The Kier molecular flexibility index (Phi) is 6.44. The Morgan fingerprint density at radius 3 is 2.49 bits per heavy atom. The number of aliphatic carboxylic acids is 1. The molecule has 6 rings (SSSR count). The number of carboxylic acid groups (broad SMARTS) is 1. The van der Waals surface area contributed by atoms with E-state index in [4.69, 9.17) is 33.9 Å². The molecule has 0 radical (unpaired) electrons. The van der Waals surface area contributed by atoms with E-state index in [0.717, 1.165) is 51.1 Å². The van der Waals surface area contributed by atoms with Gasteiger partial charge in [-0.25, -0.2) is 0 Å². The average molecular weight is 518 g/mol. The largest absolute Gasteiger partial charge is 0.481 e. The van der Waals surface area contributed by atoms with Crippen LogP contribution in [0.5, 0.6) is 0 Å². The lowest BCUT2D eigenvalue weighted by molar-refractivity contribution is -0.166. The summed E-state index contributed by atoms with van der Waals surface area (Å²) < 4.78 is 0. The van der Waals surface area contributed by atoms with Gasteiger partial charge < -0.3 is 15.7 Å². The van der Waals surface area contributed by atoms with Crippen LogP contribution >= 0.6 is 23.2 Å². The number of nitrogens with zero attached hydrogens (tertiary/aromatic N) is 4. The normalized spacial score (nSPS) is 34.5. The highest BCUT2D eigenvalue weighted by atomic mass is 35.5. The number of piperazine rings is 1. The Morgan fingerprint density at radius 1 is 1.23 bits per heavy atom. The van der Waals surface area contributed by atoms with E-state index in [1.165, 1.54) is 0 Å². The molecular weight excluding hydrogens is 485 g/mol. The molecule has 188 valence electrons. The lowest BCUT2D eigenvalue weighted by atomic mass is 9.48. The van der Waals surface area contributed by atoms with E-state index in [-0.39, 0.29) is 24.3 Å². The molecule has 4 saturated carbocycles. The van der Waals surface area contributed by atoms with Gasteiger partial charge in [0.05, 0.1) is 45.2 Å². The number of halogens is 2. The van der Waals surface area contributed by atoms with Crippen LogP contribution in [0.1, 0.15) is 45.4 Å². The molecule has 0 spiro atoms. The summed E-state index contributed by atoms with van der Waals surface area (Å²) in [6, 6.07) is 8.06. The molecule has 0 amide bonds. The summed E-state index contributed by atoms with van der Waals surface area (Å²) in [5.74, 6) is 0.899. The minimum atomic E-state index is -0.669. The molecule has 1 aromatic rings. The first-order valence-electron chi connectivity index (χ1n) is 12.5. The number of amidine groups is 1. The molecule has 3 N–H and O–H groups in total. The van der Waals surface area contributed by atoms with Crippen LogP contribution in [0.25, 0.3) is 0 Å². The number of carbonyl (C=O) groups is 1. The van der Waals surface area contributed by atoms with E-state index in [9.17, 15) is 15.2 Å². The van der Waals surface area contributed by atoms with Crippen molar-refractivity contribution in [2.45, 2.75) is 57.0 Å². The number of carboxylic acids is 1. The van der Waals surface area contributed by atoms with Crippen molar-refractivity contribution in [2.75, 3.05) is 31.1 Å². The fraction of sp³-hybridized carbons (Fsp3) is 0.654. The minimum Gasteiger partial charge on any atom is -0.481 e. The topological polar surface area (TPSA) is 106 Å². The molecule has 5 aliphatic rings. The third-order valence-electron chi connectivity index (χ3n) is 9.19. The van der Waals surface area contributed by atoms with E-state index >= 15 is 0 Å². The van der Waals surface area contributed by atoms with Crippen LogP contribution in [-0.2, 0) is 4.79 Å². The van der Waals surface area contributed by atoms with Crippen molar-refractivity contribution in [3.63, 3.8) is 0 Å². The standard InChI is InChI=1S/C26H33Cl2N5O2/c1-25(5-6-29,33-9-7-32(8-10-33)20-4-2-3-19(27)21(20)28)23(30)31-22-17-11-16-12-18(22)15-26(13-16,14-17)24(34)35/h2-4,16-18,22H,5,7-15H2,1H3,(H2,30,31)(H,34,35). The molecule has 0 aromatic heterocycles. The summed E-state index contributed by atoms with van der Waals surface area (Å²) in [5.41, 5.74) is 6.41. The van der Waals surface area contributed by atoms with Gasteiger partial charge in [0.15, 0.2) is 0 Å². The molecule has 35 heavy (non-hydrogen) atoms. The Bertz CT molecular complexity index is 1060. The molecule has 1 aromatic carbocycles. The maximum absolute atomic E-state index is 12.1. The van der Waals surface area contributed by atoms with Crippen LogP contribution in [0.3, 0.4) is 0 Å². The second kappa shape index (κ2) is 9.14. The van der Waals surface area contributed by atoms with Gasteiger partial charge in [-0.3, -0.25) is 14.7 Å². The van der Waals surface area contributed by atoms with Crippen molar-refractivity contribution < 1.29 is 9.90 Å². The van der Waals surface area contributed by atoms with Crippen molar-refractivity contribution in [3.8, 4) is 6.07 Å². The molecule has 1 aliphatic heterocycles. The third kappa shape index (κ3) is 4.18. The number of nitrogens with two attached hydrogens (primary N) is 1. The van der Waals surface area contributed by atoms with Gasteiger partial charge in [-0.15, -0.1) is 0 Å². The summed E-state index contributed by atoms with van der Waals surface area (Å²) in [6.07, 6.45) is 4.55. The lowest BCUT2D eigenvalue weighted by Crippen LogP contribution is -2.62. The Labute approximate surface area is 216 Å². The van der Waals surface area contributed by atoms with Gasteiger partial charge in [-0.2, -0.15) is 5.26 Å². The number of aliphatic imine (C=N–C) groups is 1. The quantitative estimate of drug-likeness (QED) is 0.427. The van der Waals surface area contributed by atoms with E-state index in [1.54, 1.807) is 6.07 Å². The molecular formula is C26H33Cl2N5O2. The molecule has 5 fully saturated rings. The summed E-state index contributed by atoms with van der Waals surface area (Å²) in [6.45, 7) is 4.95. The smallest absolute Gasteiger partial charge is 0.309 e. The summed E-state index contributed by atoms with van der Waals surface area (Å²) >= 11 is 12.7. The highest BCUT2D eigenvalue weighted by molar-refractivity contribution is 6.43. The fourth-order valence-electron chi connectivity index (χ4n) is 7.47. The van der Waals surface area contributed by atoms with Gasteiger partial charge >= 0.3 is 5.97 Å². The number of rotatable bonds is 6. The highest BCUT2D eigenvalue weighted by Crippen LogP contribution is 2.61. The van der Waals surface area contributed by atoms with Crippen LogP contribution in [0, 0.1) is 34.5 Å². The number of nitriles is 1. The Balaban J connectivity index is 1.33. The lowest BCUT2D eigenvalue weighted by Gasteiger charge is -2.57. The Morgan fingerprint density at radius 2 is 1.89 bits per heavy atom. The SMILES string of the molecule is CC(CC#N)(C(N)=NC1C2CC3CC1CC(C(=O)O)(C3)C2)N1CCN(c2cccc(Cl)c2Cl)CC1. The monoisotopic (exact) mass is 517 g/mol. The van der Waals surface area contributed by atoms with E-state index in [1.807, 2.05) is 19.1 Å². The summed E-state index contributed by atoms with van der Waals surface area (Å²) in [7, 11) is 0. The van der Waals surface area contributed by atoms with Crippen LogP contribution in [0.2, 0.25) is 10.0 Å². The molecule has 4 bridgehead atoms. The van der Waals surface area contributed by atoms with Gasteiger partial charge in [0.25, 0.3) is 0 Å². The van der Waals surface area contributed by atoms with Crippen LogP contribution in [-0.4, -0.2) is 59.6 Å². The first kappa shape index (κ1) is 24.7. The van der Waals surface area contributed by atoms with E-state index in [0.29, 0.717) is 34.6 Å². The van der Waals surface area contributed by atoms with Gasteiger partial charge in [0, 0.05) is 26.2 Å². The van der Waals surface area contributed by atoms with E-state index < -0.39 is 16.9 Å². The first-order valence-corrected chi connectivity index (χ1v) is 13.3. The zero-order valence-electron chi connectivity index (χ0n) is 20.1. The molecule has 1 heterocycles. The number of hydrogen-bond donors (Lipinski definition) is 2. The molecule has 3 atom stereocenters. The minimum absolute atomic E-state index is 0.0589. The zero-order chi connectivity index (χ0) is 25.0. The van der Waals surface area contributed by atoms with Gasteiger partial charge in [-0.05, 0) is 68.9 Å². The van der Waals surface area contributed by atoms with Crippen molar-refractivity contribution in [1.82, 2.24) is 4.90 Å². The average Bonchev–Trinajstić information content (AvgIpc) is 2.82. The second-order valence-electron chi connectivity index (χ2n) is 11.2. The number of anilines is 1. The number of benzene rings is 1. The van der Waals surface area contributed by atoms with E-state index in [2.05, 4.69) is 15.9 Å². The van der Waals surface area contributed by atoms with Crippen LogP contribution < -0.4 is 10.6 Å². The highest BCUT2D eigenvalue weighted by Gasteiger charge is 2.59. The molecule has 7 nitrogen and oxygen atoms in total. The molecule has 9 heteroatoms. The second-order valence-corrected chi connectivity index (χ2v) is 12.0. The first-order chi connectivity index (χ1) is 16.7. The predicted molar refractivity (Wildman–Crippen MR) is 138 cm³/mol. The maximum atomic E-state index is 12.1. The third-order valence-corrected chi connectivity index (χ3v) is 10.00. The summed E-state index contributed by atoms with van der Waals surface area (Å²) in [5, 5.41) is 20.7. The van der Waals surface area contributed by atoms with Crippen LogP contribution in [0.4, 0.5) is 5.69 Å². The van der Waals surface area contributed by atoms with Crippen molar-refractivity contribution >= 4 is 40.7 Å². The molecule has 4 aliphatic carbocycles. The zero-order valence-corrected chi connectivity index (χ0v) is 21.6. The molecule has 3 unspecified atom stereocenters. The van der Waals surface area contributed by atoms with Gasteiger partial charge in [0.2, 0.25) is 0 Å². The van der Waals surface area contributed by atoms with Crippen molar-refractivity contribution in [2.24, 2.45) is 33.9 Å². The number of hydrogen-bond acceptors (Lipinski definition) is 5. The Hall–Kier alpha value is -2.01. The maximum Gasteiger partial charge on any atom is 0.309 e. The van der Waals surface area contributed by atoms with Crippen molar-refractivity contribution in [3.05, 3.63) is 28.2 Å². The van der Waals surface area contributed by atoms with Crippen LogP contribution in [0.15, 0.2) is 23.2 Å². The predicted octanol–water partition coefficient (Wildman–Crippen LogP) is 4.42.